The Bertz CT molecular complexity index is 331. The van der Waals surface area contributed by atoms with Gasteiger partial charge in [0.25, 0.3) is 0 Å². The zero-order chi connectivity index (χ0) is 10.7. The van der Waals surface area contributed by atoms with Gasteiger partial charge in [-0.25, -0.2) is 4.39 Å². The van der Waals surface area contributed by atoms with Crippen molar-refractivity contribution in [1.82, 2.24) is 0 Å². The topological polar surface area (TPSA) is 66.5 Å². The lowest BCUT2D eigenvalue weighted by Gasteiger charge is -2.12. The molecule has 1 aromatic carbocycles. The normalized spacial score (nSPS) is 12.9. The molecule has 0 saturated carbocycles. The van der Waals surface area contributed by atoms with Crippen molar-refractivity contribution in [2.45, 2.75) is 12.5 Å². The molecule has 1 atom stereocenters. The van der Waals surface area contributed by atoms with E-state index in [0.717, 1.165) is 6.07 Å². The highest BCUT2D eigenvalue weighted by molar-refractivity contribution is 5.36. The molecule has 78 valence electrons. The minimum atomic E-state index is -1.31. The highest BCUT2D eigenvalue weighted by atomic mass is 19.2. The molecule has 0 saturated heterocycles. The summed E-state index contributed by atoms with van der Waals surface area (Å²) in [5, 5.41) is 17.8. The quantitative estimate of drug-likeness (QED) is 0.688. The molecule has 0 unspecified atom stereocenters. The van der Waals surface area contributed by atoms with Crippen molar-refractivity contribution < 1.29 is 19.0 Å². The first-order valence-electron chi connectivity index (χ1n) is 4.11. The molecule has 0 aliphatic rings. The summed E-state index contributed by atoms with van der Waals surface area (Å²) >= 11 is 0. The number of benzene rings is 1. The van der Waals surface area contributed by atoms with Crippen LogP contribution in [0.25, 0.3) is 0 Å². The van der Waals surface area contributed by atoms with Crippen LogP contribution >= 0.6 is 0 Å². The van der Waals surface area contributed by atoms with Crippen molar-refractivity contribution in [2.24, 2.45) is 5.73 Å². The Hall–Kier alpha value is -1.20. The van der Waals surface area contributed by atoms with Crippen LogP contribution in [0.15, 0.2) is 12.1 Å². The van der Waals surface area contributed by atoms with Gasteiger partial charge in [0.2, 0.25) is 5.82 Å². The fraction of sp³-hybridized carbons (Fsp3) is 0.333. The third-order valence-corrected chi connectivity index (χ3v) is 1.94. The number of phenolic OH excluding ortho intramolecular Hbond substituents is 1. The summed E-state index contributed by atoms with van der Waals surface area (Å²) in [6.45, 7) is -0.181. The first kappa shape index (κ1) is 10.9. The van der Waals surface area contributed by atoms with Gasteiger partial charge >= 0.3 is 0 Å². The standard InChI is InChI=1S/C9H11F2NO2/c10-6-2-1-5(7(12)3-4-13)9(14)8(6)11/h1-2,7,13-14H,3-4,12H2/t7-/m1/s1. The maximum atomic E-state index is 12.8. The van der Waals surface area contributed by atoms with E-state index in [4.69, 9.17) is 10.8 Å². The molecule has 14 heavy (non-hydrogen) atoms. The van der Waals surface area contributed by atoms with Crippen LogP contribution < -0.4 is 5.73 Å². The molecular formula is C9H11F2NO2. The van der Waals surface area contributed by atoms with Gasteiger partial charge in [-0.05, 0) is 12.5 Å². The summed E-state index contributed by atoms with van der Waals surface area (Å²) in [7, 11) is 0. The van der Waals surface area contributed by atoms with Crippen LogP contribution in [0.3, 0.4) is 0 Å². The minimum Gasteiger partial charge on any atom is -0.505 e. The Morgan fingerprint density at radius 3 is 2.57 bits per heavy atom. The van der Waals surface area contributed by atoms with Crippen LogP contribution in [0.5, 0.6) is 5.75 Å². The lowest BCUT2D eigenvalue weighted by molar-refractivity contribution is 0.274. The van der Waals surface area contributed by atoms with Gasteiger partial charge in [0.05, 0.1) is 0 Å². The Morgan fingerprint density at radius 1 is 1.36 bits per heavy atom. The summed E-state index contributed by atoms with van der Waals surface area (Å²) < 4.78 is 25.4. The van der Waals surface area contributed by atoms with Crippen molar-refractivity contribution in [3.8, 4) is 5.75 Å². The van der Waals surface area contributed by atoms with Crippen molar-refractivity contribution >= 4 is 0 Å². The molecule has 1 rings (SSSR count). The number of nitrogens with two attached hydrogens (primary N) is 1. The van der Waals surface area contributed by atoms with Crippen LogP contribution in [0.1, 0.15) is 18.0 Å². The molecule has 1 aromatic rings. The van der Waals surface area contributed by atoms with Crippen LogP contribution in [0.4, 0.5) is 8.78 Å². The van der Waals surface area contributed by atoms with Crippen LogP contribution in [-0.4, -0.2) is 16.8 Å². The number of phenols is 1. The van der Waals surface area contributed by atoms with Gasteiger partial charge in [-0.2, -0.15) is 4.39 Å². The largest absolute Gasteiger partial charge is 0.505 e. The van der Waals surface area contributed by atoms with E-state index in [0.29, 0.717) is 0 Å². The van der Waals surface area contributed by atoms with E-state index in [1.54, 1.807) is 0 Å². The first-order valence-corrected chi connectivity index (χ1v) is 4.11. The van der Waals surface area contributed by atoms with Gasteiger partial charge in [0.15, 0.2) is 11.6 Å². The fourth-order valence-corrected chi connectivity index (χ4v) is 1.15. The monoisotopic (exact) mass is 203 g/mol. The van der Waals surface area contributed by atoms with E-state index < -0.39 is 23.4 Å². The first-order chi connectivity index (χ1) is 6.57. The number of aliphatic hydroxyl groups is 1. The van der Waals surface area contributed by atoms with Crippen LogP contribution in [0, 0.1) is 11.6 Å². The van der Waals surface area contributed by atoms with E-state index in [9.17, 15) is 13.9 Å². The number of aliphatic hydroxyl groups excluding tert-OH is 1. The van der Waals surface area contributed by atoms with Crippen molar-refractivity contribution in [3.63, 3.8) is 0 Å². The Morgan fingerprint density at radius 2 is 2.00 bits per heavy atom. The van der Waals surface area contributed by atoms with E-state index in [-0.39, 0.29) is 18.6 Å². The fourth-order valence-electron chi connectivity index (χ4n) is 1.15. The molecule has 0 aliphatic heterocycles. The third kappa shape index (κ3) is 2.00. The maximum absolute atomic E-state index is 12.8. The van der Waals surface area contributed by atoms with Crippen LogP contribution in [0.2, 0.25) is 0 Å². The van der Waals surface area contributed by atoms with Gasteiger partial charge in [-0.3, -0.25) is 0 Å². The second kappa shape index (κ2) is 4.34. The summed E-state index contributed by atoms with van der Waals surface area (Å²) in [6.07, 6.45) is 0.179. The third-order valence-electron chi connectivity index (χ3n) is 1.94. The highest BCUT2D eigenvalue weighted by Crippen LogP contribution is 2.28. The van der Waals surface area contributed by atoms with E-state index in [2.05, 4.69) is 0 Å². The van der Waals surface area contributed by atoms with E-state index >= 15 is 0 Å². The Labute approximate surface area is 79.8 Å². The molecular weight excluding hydrogens is 192 g/mol. The zero-order valence-corrected chi connectivity index (χ0v) is 7.37. The smallest absolute Gasteiger partial charge is 0.200 e. The molecule has 0 aromatic heterocycles. The molecule has 0 radical (unpaired) electrons. The molecule has 5 heteroatoms. The average Bonchev–Trinajstić information content (AvgIpc) is 2.15. The molecule has 0 fully saturated rings. The van der Waals surface area contributed by atoms with Gasteiger partial charge in [0.1, 0.15) is 0 Å². The molecule has 0 bridgehead atoms. The number of aromatic hydroxyl groups is 1. The number of rotatable bonds is 3. The molecule has 3 nitrogen and oxygen atoms in total. The average molecular weight is 203 g/mol. The summed E-state index contributed by atoms with van der Waals surface area (Å²) in [4.78, 5) is 0. The molecule has 0 heterocycles. The molecule has 0 spiro atoms. The van der Waals surface area contributed by atoms with E-state index in [1.807, 2.05) is 0 Å². The van der Waals surface area contributed by atoms with Gasteiger partial charge in [-0.1, -0.05) is 6.07 Å². The SMILES string of the molecule is N[C@H](CCO)c1ccc(F)c(F)c1O. The van der Waals surface area contributed by atoms with Crippen molar-refractivity contribution in [2.75, 3.05) is 6.61 Å². The van der Waals surface area contributed by atoms with Crippen molar-refractivity contribution in [1.29, 1.82) is 0 Å². The second-order valence-electron chi connectivity index (χ2n) is 2.92. The lowest BCUT2D eigenvalue weighted by Crippen LogP contribution is -2.12. The summed E-state index contributed by atoms with van der Waals surface area (Å²) in [5.74, 6) is -3.22. The van der Waals surface area contributed by atoms with E-state index in [1.165, 1.54) is 6.07 Å². The zero-order valence-electron chi connectivity index (χ0n) is 7.37. The second-order valence-corrected chi connectivity index (χ2v) is 2.92. The van der Waals surface area contributed by atoms with Crippen molar-refractivity contribution in [3.05, 3.63) is 29.3 Å². The predicted molar refractivity (Wildman–Crippen MR) is 46.7 cm³/mol. The van der Waals surface area contributed by atoms with Crippen LogP contribution in [-0.2, 0) is 0 Å². The Balaban J connectivity index is 3.04. The lowest BCUT2D eigenvalue weighted by atomic mass is 10.0. The Kier molecular flexibility index (Phi) is 3.38. The highest BCUT2D eigenvalue weighted by Gasteiger charge is 2.16. The summed E-state index contributed by atoms with van der Waals surface area (Å²) in [5.41, 5.74) is 5.61. The van der Waals surface area contributed by atoms with Gasteiger partial charge < -0.3 is 15.9 Å². The molecule has 0 amide bonds. The van der Waals surface area contributed by atoms with Gasteiger partial charge in [0, 0.05) is 18.2 Å². The minimum absolute atomic E-state index is 0.0953. The summed E-state index contributed by atoms with van der Waals surface area (Å²) in [6, 6.07) is 1.39. The number of hydrogen-bond donors (Lipinski definition) is 3. The molecule has 0 aliphatic carbocycles. The molecule has 4 N–H and O–H groups in total. The van der Waals surface area contributed by atoms with Gasteiger partial charge in [-0.15, -0.1) is 0 Å². The number of halogens is 2. The predicted octanol–water partition coefficient (Wildman–Crippen LogP) is 1.05. The maximum Gasteiger partial charge on any atom is 0.200 e. The number of hydrogen-bond acceptors (Lipinski definition) is 3.